The van der Waals surface area contributed by atoms with Crippen LogP contribution in [-0.4, -0.2) is 17.7 Å². The largest absolute Gasteiger partial charge is 0.508 e. The summed E-state index contributed by atoms with van der Waals surface area (Å²) >= 11 is 0. The van der Waals surface area contributed by atoms with Gasteiger partial charge in [0.25, 0.3) is 0 Å². The summed E-state index contributed by atoms with van der Waals surface area (Å²) in [4.78, 5) is 0. The molecule has 18 heavy (non-hydrogen) atoms. The molecule has 0 aliphatic rings. The maximum absolute atomic E-state index is 9.22. The maximum Gasteiger partial charge on any atom is 0.115 e. The summed E-state index contributed by atoms with van der Waals surface area (Å²) in [5.74, 6) is 1.16. The van der Waals surface area contributed by atoms with Crippen molar-refractivity contribution in [2.45, 2.75) is 52.5 Å². The van der Waals surface area contributed by atoms with Crippen molar-refractivity contribution in [3.63, 3.8) is 0 Å². The molecule has 0 heterocycles. The third-order valence-corrected chi connectivity index (χ3v) is 3.18. The molecule has 2 nitrogen and oxygen atoms in total. The first kappa shape index (κ1) is 15.0. The summed E-state index contributed by atoms with van der Waals surface area (Å²) < 4.78 is 0. The molecule has 0 aliphatic heterocycles. The molecule has 0 amide bonds. The van der Waals surface area contributed by atoms with Crippen LogP contribution in [0.25, 0.3) is 0 Å². The fourth-order valence-corrected chi connectivity index (χ4v) is 2.08. The van der Waals surface area contributed by atoms with Crippen molar-refractivity contribution in [1.82, 2.24) is 5.32 Å². The number of aromatic hydroxyl groups is 1. The van der Waals surface area contributed by atoms with Gasteiger partial charge >= 0.3 is 0 Å². The van der Waals surface area contributed by atoms with Gasteiger partial charge in [-0.1, -0.05) is 38.8 Å². The highest BCUT2D eigenvalue weighted by Gasteiger charge is 2.03. The summed E-state index contributed by atoms with van der Waals surface area (Å²) in [6, 6.07) is 7.99. The molecule has 0 aliphatic carbocycles. The van der Waals surface area contributed by atoms with E-state index in [4.69, 9.17) is 0 Å². The average Bonchev–Trinajstić information content (AvgIpc) is 2.31. The summed E-state index contributed by atoms with van der Waals surface area (Å²) in [6.45, 7) is 7.88. The standard InChI is InChI=1S/C16H27NO/c1-13(2)6-4-5-11-17-14(3)12-15-7-9-16(18)10-8-15/h7-10,13-14,17-18H,4-6,11-12H2,1-3H3. The van der Waals surface area contributed by atoms with Crippen molar-refractivity contribution >= 4 is 0 Å². The van der Waals surface area contributed by atoms with Gasteiger partial charge in [-0.05, 0) is 49.9 Å². The molecule has 1 aromatic carbocycles. The molecule has 0 saturated carbocycles. The van der Waals surface area contributed by atoms with Gasteiger partial charge in [-0.15, -0.1) is 0 Å². The Morgan fingerprint density at radius 2 is 1.72 bits per heavy atom. The number of unbranched alkanes of at least 4 members (excludes halogenated alkanes) is 1. The lowest BCUT2D eigenvalue weighted by atomic mass is 10.1. The number of hydrogen-bond acceptors (Lipinski definition) is 2. The van der Waals surface area contributed by atoms with Gasteiger partial charge in [0.05, 0.1) is 0 Å². The van der Waals surface area contributed by atoms with Gasteiger partial charge in [-0.2, -0.15) is 0 Å². The van der Waals surface area contributed by atoms with E-state index in [9.17, 15) is 5.11 Å². The van der Waals surface area contributed by atoms with E-state index in [0.29, 0.717) is 11.8 Å². The lowest BCUT2D eigenvalue weighted by molar-refractivity contribution is 0.474. The zero-order chi connectivity index (χ0) is 13.4. The molecule has 0 spiro atoms. The fraction of sp³-hybridized carbons (Fsp3) is 0.625. The van der Waals surface area contributed by atoms with Gasteiger partial charge in [0, 0.05) is 6.04 Å². The van der Waals surface area contributed by atoms with Crippen LogP contribution in [0.15, 0.2) is 24.3 Å². The van der Waals surface area contributed by atoms with Crippen LogP contribution >= 0.6 is 0 Å². The molecular weight excluding hydrogens is 222 g/mol. The van der Waals surface area contributed by atoms with Crippen LogP contribution in [0.4, 0.5) is 0 Å². The van der Waals surface area contributed by atoms with Crippen LogP contribution in [0.1, 0.15) is 45.6 Å². The zero-order valence-corrected chi connectivity index (χ0v) is 11.9. The molecule has 0 aromatic heterocycles. The van der Waals surface area contributed by atoms with Crippen molar-refractivity contribution in [3.05, 3.63) is 29.8 Å². The Morgan fingerprint density at radius 1 is 1.06 bits per heavy atom. The zero-order valence-electron chi connectivity index (χ0n) is 11.9. The topological polar surface area (TPSA) is 32.3 Å². The van der Waals surface area contributed by atoms with Gasteiger partial charge in [0.2, 0.25) is 0 Å². The fourth-order valence-electron chi connectivity index (χ4n) is 2.08. The molecule has 1 aromatic rings. The third-order valence-electron chi connectivity index (χ3n) is 3.18. The predicted octanol–water partition coefficient (Wildman–Crippen LogP) is 3.74. The molecule has 0 bridgehead atoms. The number of benzene rings is 1. The lowest BCUT2D eigenvalue weighted by Crippen LogP contribution is -2.28. The van der Waals surface area contributed by atoms with Gasteiger partial charge in [-0.25, -0.2) is 0 Å². The third kappa shape index (κ3) is 6.65. The summed E-state index contributed by atoms with van der Waals surface area (Å²) in [5, 5.41) is 12.8. The van der Waals surface area contributed by atoms with Crippen LogP contribution in [0.5, 0.6) is 5.75 Å². The Balaban J connectivity index is 2.13. The Morgan fingerprint density at radius 3 is 2.33 bits per heavy atom. The number of phenols is 1. The number of hydrogen-bond donors (Lipinski definition) is 2. The van der Waals surface area contributed by atoms with E-state index < -0.39 is 0 Å². The van der Waals surface area contributed by atoms with Crippen LogP contribution in [-0.2, 0) is 6.42 Å². The molecule has 0 saturated heterocycles. The molecule has 1 rings (SSSR count). The second-order valence-corrected chi connectivity index (χ2v) is 5.62. The Labute approximate surface area is 111 Å². The minimum Gasteiger partial charge on any atom is -0.508 e. The van der Waals surface area contributed by atoms with E-state index in [-0.39, 0.29) is 0 Å². The molecule has 2 heteroatoms. The Hall–Kier alpha value is -1.02. The van der Waals surface area contributed by atoms with E-state index in [2.05, 4.69) is 26.1 Å². The van der Waals surface area contributed by atoms with Gasteiger partial charge in [-0.3, -0.25) is 0 Å². The SMILES string of the molecule is CC(C)CCCCNC(C)Cc1ccc(O)cc1. The predicted molar refractivity (Wildman–Crippen MR) is 78.0 cm³/mol. The van der Waals surface area contributed by atoms with Crippen molar-refractivity contribution in [3.8, 4) is 5.75 Å². The first-order chi connectivity index (χ1) is 8.58. The lowest BCUT2D eigenvalue weighted by Gasteiger charge is -2.14. The molecule has 1 atom stereocenters. The van der Waals surface area contributed by atoms with Crippen LogP contribution in [0, 0.1) is 5.92 Å². The van der Waals surface area contributed by atoms with Crippen molar-refractivity contribution in [2.24, 2.45) is 5.92 Å². The van der Waals surface area contributed by atoms with Crippen LogP contribution < -0.4 is 5.32 Å². The summed E-state index contributed by atoms with van der Waals surface area (Å²) in [5.41, 5.74) is 1.27. The monoisotopic (exact) mass is 249 g/mol. The minimum absolute atomic E-state index is 0.341. The van der Waals surface area contributed by atoms with E-state index in [0.717, 1.165) is 18.9 Å². The van der Waals surface area contributed by atoms with Crippen molar-refractivity contribution in [2.75, 3.05) is 6.54 Å². The van der Waals surface area contributed by atoms with Gasteiger partial charge in [0.1, 0.15) is 5.75 Å². The van der Waals surface area contributed by atoms with Gasteiger partial charge in [0.15, 0.2) is 0 Å². The Bertz CT molecular complexity index is 318. The highest BCUT2D eigenvalue weighted by Crippen LogP contribution is 2.11. The molecule has 2 N–H and O–H groups in total. The van der Waals surface area contributed by atoms with E-state index in [1.165, 1.54) is 24.8 Å². The van der Waals surface area contributed by atoms with E-state index in [1.807, 2.05) is 12.1 Å². The van der Waals surface area contributed by atoms with Crippen LogP contribution in [0.2, 0.25) is 0 Å². The number of rotatable bonds is 8. The quantitative estimate of drug-likeness (QED) is 0.688. The highest BCUT2D eigenvalue weighted by atomic mass is 16.3. The Kier molecular flexibility index (Phi) is 6.81. The van der Waals surface area contributed by atoms with Crippen molar-refractivity contribution in [1.29, 1.82) is 0 Å². The van der Waals surface area contributed by atoms with Crippen molar-refractivity contribution < 1.29 is 5.11 Å². The first-order valence-electron chi connectivity index (χ1n) is 7.09. The van der Waals surface area contributed by atoms with Crippen LogP contribution in [0.3, 0.4) is 0 Å². The summed E-state index contributed by atoms with van der Waals surface area (Å²) in [7, 11) is 0. The summed E-state index contributed by atoms with van der Waals surface area (Å²) in [6.07, 6.45) is 4.92. The molecule has 0 radical (unpaired) electrons. The maximum atomic E-state index is 9.22. The second kappa shape index (κ2) is 8.15. The van der Waals surface area contributed by atoms with E-state index >= 15 is 0 Å². The van der Waals surface area contributed by atoms with Gasteiger partial charge < -0.3 is 10.4 Å². The normalized spacial score (nSPS) is 12.9. The highest BCUT2D eigenvalue weighted by molar-refractivity contribution is 5.26. The molecule has 0 fully saturated rings. The second-order valence-electron chi connectivity index (χ2n) is 5.62. The first-order valence-corrected chi connectivity index (χ1v) is 7.09. The smallest absolute Gasteiger partial charge is 0.115 e. The number of phenolic OH excluding ortho intramolecular Hbond substituents is 1. The molecule has 102 valence electrons. The van der Waals surface area contributed by atoms with E-state index in [1.54, 1.807) is 12.1 Å². The average molecular weight is 249 g/mol. The minimum atomic E-state index is 0.341. The molecule has 1 unspecified atom stereocenters. The number of nitrogens with one attached hydrogen (secondary N) is 1. The molecular formula is C16H27NO.